The van der Waals surface area contributed by atoms with E-state index in [0.29, 0.717) is 30.6 Å². The average molecular weight is 208 g/mol. The Balaban J connectivity index is 2.47. The van der Waals surface area contributed by atoms with Crippen molar-refractivity contribution in [1.29, 1.82) is 0 Å². The normalized spacial score (nSPS) is 20.5. The molecule has 0 aliphatic carbocycles. The van der Waals surface area contributed by atoms with Crippen molar-refractivity contribution in [3.63, 3.8) is 0 Å². The van der Waals surface area contributed by atoms with Gasteiger partial charge in [-0.05, 0) is 35.6 Å². The predicted octanol–water partition coefficient (Wildman–Crippen LogP) is 3.40. The van der Waals surface area contributed by atoms with E-state index >= 15 is 0 Å². The molecular formula is C13H17FO. The Labute approximate surface area is 90.3 Å². The maximum atomic E-state index is 13.5. The van der Waals surface area contributed by atoms with Crippen LogP contribution in [-0.2, 0) is 11.3 Å². The summed E-state index contributed by atoms with van der Waals surface area (Å²) in [6, 6.07) is 3.61. The number of fused-ring (bicyclic) bond motifs is 1. The smallest absolute Gasteiger partial charge is 0.126 e. The lowest BCUT2D eigenvalue weighted by molar-refractivity contribution is 0.0790. The largest absolute Gasteiger partial charge is 0.376 e. The Morgan fingerprint density at radius 3 is 2.80 bits per heavy atom. The van der Waals surface area contributed by atoms with Gasteiger partial charge in [-0.25, -0.2) is 4.39 Å². The molecule has 1 nitrogen and oxygen atoms in total. The van der Waals surface area contributed by atoms with E-state index in [4.69, 9.17) is 4.74 Å². The van der Waals surface area contributed by atoms with Gasteiger partial charge in [0, 0.05) is 5.92 Å². The quantitative estimate of drug-likeness (QED) is 0.687. The van der Waals surface area contributed by atoms with Gasteiger partial charge in [0.05, 0.1) is 13.2 Å². The fourth-order valence-corrected chi connectivity index (χ4v) is 2.16. The molecule has 0 saturated carbocycles. The molecule has 0 N–H and O–H groups in total. The Bertz CT molecular complexity index is 371. The van der Waals surface area contributed by atoms with Crippen LogP contribution in [0.3, 0.4) is 0 Å². The molecule has 0 spiro atoms. The topological polar surface area (TPSA) is 9.23 Å². The monoisotopic (exact) mass is 208 g/mol. The Kier molecular flexibility index (Phi) is 2.79. The molecule has 1 unspecified atom stereocenters. The molecule has 1 aromatic carbocycles. The number of hydrogen-bond donors (Lipinski definition) is 0. The zero-order chi connectivity index (χ0) is 11.0. The molecule has 82 valence electrons. The van der Waals surface area contributed by atoms with Crippen LogP contribution >= 0.6 is 0 Å². The van der Waals surface area contributed by atoms with E-state index in [1.54, 1.807) is 13.0 Å². The highest BCUT2D eigenvalue weighted by atomic mass is 19.1. The van der Waals surface area contributed by atoms with Gasteiger partial charge in [0.25, 0.3) is 0 Å². The van der Waals surface area contributed by atoms with Crippen LogP contribution in [0.2, 0.25) is 0 Å². The summed E-state index contributed by atoms with van der Waals surface area (Å²) < 4.78 is 19.0. The van der Waals surface area contributed by atoms with Gasteiger partial charge in [-0.3, -0.25) is 0 Å². The summed E-state index contributed by atoms with van der Waals surface area (Å²) in [4.78, 5) is 0. The maximum absolute atomic E-state index is 13.5. The molecule has 2 heteroatoms. The average Bonchev–Trinajstić information content (AvgIpc) is 2.18. The third-order valence-electron chi connectivity index (χ3n) is 3.18. The fraction of sp³-hybridized carbons (Fsp3) is 0.538. The van der Waals surface area contributed by atoms with Crippen molar-refractivity contribution in [2.75, 3.05) is 6.61 Å². The summed E-state index contributed by atoms with van der Waals surface area (Å²) in [5.41, 5.74) is 3.00. The van der Waals surface area contributed by atoms with Crippen molar-refractivity contribution in [3.8, 4) is 0 Å². The second kappa shape index (κ2) is 3.93. The summed E-state index contributed by atoms with van der Waals surface area (Å²) in [6.07, 6.45) is 0. The van der Waals surface area contributed by atoms with Gasteiger partial charge in [-0.1, -0.05) is 19.9 Å². The molecule has 1 aromatic rings. The van der Waals surface area contributed by atoms with Crippen LogP contribution in [0.1, 0.15) is 36.5 Å². The second-order valence-electron chi connectivity index (χ2n) is 4.67. The molecule has 2 rings (SSSR count). The third kappa shape index (κ3) is 1.91. The highest BCUT2D eigenvalue weighted by Crippen LogP contribution is 2.33. The van der Waals surface area contributed by atoms with E-state index in [9.17, 15) is 4.39 Å². The van der Waals surface area contributed by atoms with E-state index in [0.717, 1.165) is 11.1 Å². The summed E-state index contributed by atoms with van der Waals surface area (Å²) in [6.45, 7) is 7.45. The number of halogens is 1. The second-order valence-corrected chi connectivity index (χ2v) is 4.67. The molecule has 0 saturated heterocycles. The van der Waals surface area contributed by atoms with E-state index in [1.165, 1.54) is 0 Å². The molecule has 0 fully saturated rings. The van der Waals surface area contributed by atoms with Gasteiger partial charge < -0.3 is 4.74 Å². The first-order valence-corrected chi connectivity index (χ1v) is 5.46. The molecule has 1 atom stereocenters. The van der Waals surface area contributed by atoms with Gasteiger partial charge in [0.2, 0.25) is 0 Å². The number of ether oxygens (including phenoxy) is 1. The van der Waals surface area contributed by atoms with Crippen molar-refractivity contribution in [2.24, 2.45) is 5.92 Å². The third-order valence-corrected chi connectivity index (χ3v) is 3.18. The van der Waals surface area contributed by atoms with Crippen LogP contribution in [-0.4, -0.2) is 6.61 Å². The van der Waals surface area contributed by atoms with Gasteiger partial charge in [0.1, 0.15) is 5.82 Å². The molecule has 0 bridgehead atoms. The first-order chi connectivity index (χ1) is 7.09. The predicted molar refractivity (Wildman–Crippen MR) is 58.4 cm³/mol. The van der Waals surface area contributed by atoms with Crippen molar-refractivity contribution in [2.45, 2.75) is 33.3 Å². The first kappa shape index (κ1) is 10.6. The molecule has 1 aliphatic heterocycles. The first-order valence-electron chi connectivity index (χ1n) is 5.46. The fourth-order valence-electron chi connectivity index (χ4n) is 2.16. The summed E-state index contributed by atoms with van der Waals surface area (Å²) >= 11 is 0. The molecule has 15 heavy (non-hydrogen) atoms. The van der Waals surface area contributed by atoms with Crippen LogP contribution in [0.5, 0.6) is 0 Å². The lowest BCUT2D eigenvalue weighted by Gasteiger charge is -2.29. The van der Waals surface area contributed by atoms with Crippen molar-refractivity contribution in [1.82, 2.24) is 0 Å². The summed E-state index contributed by atoms with van der Waals surface area (Å²) in [5, 5.41) is 0. The van der Waals surface area contributed by atoms with Crippen LogP contribution in [0, 0.1) is 18.7 Å². The standard InChI is InChI=1S/C13H17FO/c1-8(2)12-7-15-6-10-4-9(3)13(14)5-11(10)12/h4-5,8,12H,6-7H2,1-3H3. The minimum atomic E-state index is -0.0960. The number of rotatable bonds is 1. The van der Waals surface area contributed by atoms with E-state index in [2.05, 4.69) is 13.8 Å². The lowest BCUT2D eigenvalue weighted by Crippen LogP contribution is -2.21. The SMILES string of the molecule is Cc1cc2c(cc1F)C(C(C)C)COC2. The Morgan fingerprint density at radius 2 is 2.13 bits per heavy atom. The number of aryl methyl sites for hydroxylation is 1. The van der Waals surface area contributed by atoms with Crippen molar-refractivity contribution in [3.05, 3.63) is 34.6 Å². The summed E-state index contributed by atoms with van der Waals surface area (Å²) in [7, 11) is 0. The van der Waals surface area contributed by atoms with Crippen molar-refractivity contribution < 1.29 is 9.13 Å². The van der Waals surface area contributed by atoms with E-state index in [-0.39, 0.29) is 5.82 Å². The molecule has 0 aromatic heterocycles. The lowest BCUT2D eigenvalue weighted by atomic mass is 9.84. The molecule has 0 radical (unpaired) electrons. The summed E-state index contributed by atoms with van der Waals surface area (Å²) in [5.74, 6) is 0.733. The number of benzene rings is 1. The maximum Gasteiger partial charge on any atom is 0.126 e. The minimum Gasteiger partial charge on any atom is -0.376 e. The van der Waals surface area contributed by atoms with Gasteiger partial charge in [0.15, 0.2) is 0 Å². The van der Waals surface area contributed by atoms with Crippen molar-refractivity contribution >= 4 is 0 Å². The minimum absolute atomic E-state index is 0.0960. The van der Waals surface area contributed by atoms with Gasteiger partial charge >= 0.3 is 0 Å². The Morgan fingerprint density at radius 1 is 1.40 bits per heavy atom. The van der Waals surface area contributed by atoms with Gasteiger partial charge in [-0.2, -0.15) is 0 Å². The van der Waals surface area contributed by atoms with Crippen LogP contribution < -0.4 is 0 Å². The molecule has 1 aliphatic rings. The number of hydrogen-bond acceptors (Lipinski definition) is 1. The highest BCUT2D eigenvalue weighted by Gasteiger charge is 2.24. The Hall–Kier alpha value is -0.890. The zero-order valence-electron chi connectivity index (χ0n) is 9.51. The zero-order valence-corrected chi connectivity index (χ0v) is 9.51. The molecule has 1 heterocycles. The van der Waals surface area contributed by atoms with E-state index in [1.807, 2.05) is 6.07 Å². The van der Waals surface area contributed by atoms with Gasteiger partial charge in [-0.15, -0.1) is 0 Å². The highest BCUT2D eigenvalue weighted by molar-refractivity contribution is 5.36. The van der Waals surface area contributed by atoms with Crippen LogP contribution in [0.15, 0.2) is 12.1 Å². The van der Waals surface area contributed by atoms with Crippen LogP contribution in [0.25, 0.3) is 0 Å². The molecular weight excluding hydrogens is 191 g/mol. The van der Waals surface area contributed by atoms with E-state index < -0.39 is 0 Å². The van der Waals surface area contributed by atoms with Crippen LogP contribution in [0.4, 0.5) is 4.39 Å². The molecule has 0 amide bonds.